The molecule has 0 spiro atoms. The Hall–Kier alpha value is -2.95. The number of hydrogen-bond acceptors (Lipinski definition) is 7. The van der Waals surface area contributed by atoms with Crippen molar-refractivity contribution < 1.29 is 18.3 Å². The molecule has 0 radical (unpaired) electrons. The first-order valence-corrected chi connectivity index (χ1v) is 12.2. The maximum atomic E-state index is 12.6. The molecule has 0 saturated carbocycles. The summed E-state index contributed by atoms with van der Waals surface area (Å²) in [6.45, 7) is 5.89. The van der Waals surface area contributed by atoms with E-state index in [0.717, 1.165) is 37.3 Å². The van der Waals surface area contributed by atoms with Crippen molar-refractivity contribution in [2.45, 2.75) is 65.1 Å². The molecule has 1 aliphatic rings. The van der Waals surface area contributed by atoms with Gasteiger partial charge in [-0.25, -0.2) is 9.97 Å². The zero-order chi connectivity index (χ0) is 25.0. The van der Waals surface area contributed by atoms with Crippen LogP contribution < -0.4 is 10.2 Å². The van der Waals surface area contributed by atoms with Crippen LogP contribution in [0.5, 0.6) is 0 Å². The normalized spacial score (nSPS) is 15.2. The highest BCUT2D eigenvalue weighted by Gasteiger charge is 2.27. The van der Waals surface area contributed by atoms with Crippen LogP contribution in [0.15, 0.2) is 18.2 Å². The molecule has 2 N–H and O–H groups in total. The van der Waals surface area contributed by atoms with Crippen molar-refractivity contribution in [2.24, 2.45) is 5.92 Å². The molecular weight excluding hydrogens is 459 g/mol. The summed E-state index contributed by atoms with van der Waals surface area (Å²) in [6.07, 6.45) is -2.23. The molecule has 0 unspecified atom stereocenters. The molecule has 0 aromatic carbocycles. The third-order valence-electron chi connectivity index (χ3n) is 6.35. The van der Waals surface area contributed by atoms with Crippen molar-refractivity contribution in [3.63, 3.8) is 0 Å². The summed E-state index contributed by atoms with van der Waals surface area (Å²) >= 11 is 0. The van der Waals surface area contributed by atoms with Crippen LogP contribution in [0.25, 0.3) is 11.0 Å². The molecule has 11 heteroatoms. The summed E-state index contributed by atoms with van der Waals surface area (Å²) in [5.41, 5.74) is 3.00. The third-order valence-corrected chi connectivity index (χ3v) is 6.35. The van der Waals surface area contributed by atoms with Gasteiger partial charge in [-0.15, -0.1) is 0 Å². The van der Waals surface area contributed by atoms with Crippen molar-refractivity contribution in [2.75, 3.05) is 29.9 Å². The number of aryl methyl sites for hydroxylation is 3. The van der Waals surface area contributed by atoms with E-state index in [1.165, 1.54) is 0 Å². The highest BCUT2D eigenvalue weighted by molar-refractivity contribution is 5.90. The molecule has 0 aliphatic carbocycles. The van der Waals surface area contributed by atoms with Crippen molar-refractivity contribution in [1.82, 2.24) is 24.7 Å². The molecule has 0 amide bonds. The fourth-order valence-electron chi connectivity index (χ4n) is 4.40. The van der Waals surface area contributed by atoms with E-state index in [1.807, 2.05) is 32.0 Å². The highest BCUT2D eigenvalue weighted by atomic mass is 19.4. The quantitative estimate of drug-likeness (QED) is 0.416. The summed E-state index contributed by atoms with van der Waals surface area (Å²) in [5.74, 6) is 2.03. The number of aliphatic hydroxyl groups excluding tert-OH is 1. The molecule has 4 rings (SSSR count). The topological polar surface area (TPSA) is 92.0 Å². The van der Waals surface area contributed by atoms with Crippen LogP contribution in [0.1, 0.15) is 50.4 Å². The van der Waals surface area contributed by atoms with E-state index in [4.69, 9.17) is 15.1 Å². The molecule has 1 saturated heterocycles. The maximum Gasteiger partial charge on any atom is 0.389 e. The van der Waals surface area contributed by atoms with Gasteiger partial charge in [-0.1, -0.05) is 13.0 Å². The molecule has 3 aromatic heterocycles. The summed E-state index contributed by atoms with van der Waals surface area (Å²) in [7, 11) is 0. The number of rotatable bonds is 9. The van der Waals surface area contributed by atoms with E-state index in [-0.39, 0.29) is 18.9 Å². The molecule has 3 aromatic rings. The second-order valence-corrected chi connectivity index (χ2v) is 9.07. The van der Waals surface area contributed by atoms with Gasteiger partial charge < -0.3 is 15.3 Å². The number of nitrogens with zero attached hydrogens (tertiary/aromatic N) is 6. The average Bonchev–Trinajstić information content (AvgIpc) is 3.19. The lowest BCUT2D eigenvalue weighted by Crippen LogP contribution is -2.36. The summed E-state index contributed by atoms with van der Waals surface area (Å²) < 4.78 is 39.6. The lowest BCUT2D eigenvalue weighted by atomic mass is 9.98. The predicted molar refractivity (Wildman–Crippen MR) is 129 cm³/mol. The summed E-state index contributed by atoms with van der Waals surface area (Å²) in [6, 6.07) is 5.64. The minimum atomic E-state index is -4.16. The molecule has 0 atom stereocenters. The Kier molecular flexibility index (Phi) is 7.73. The van der Waals surface area contributed by atoms with Crippen LogP contribution in [-0.4, -0.2) is 55.7 Å². The van der Waals surface area contributed by atoms with E-state index in [2.05, 4.69) is 15.2 Å². The van der Waals surface area contributed by atoms with Gasteiger partial charge in [0.1, 0.15) is 16.9 Å². The number of fused-ring (bicyclic) bond motifs is 1. The first kappa shape index (κ1) is 25.2. The van der Waals surface area contributed by atoms with Gasteiger partial charge >= 0.3 is 6.18 Å². The zero-order valence-electron chi connectivity index (χ0n) is 20.1. The Balaban J connectivity index is 1.71. The van der Waals surface area contributed by atoms with Crippen LogP contribution in [0.3, 0.4) is 0 Å². The van der Waals surface area contributed by atoms with Gasteiger partial charge in [-0.3, -0.25) is 4.68 Å². The molecule has 35 heavy (non-hydrogen) atoms. The third kappa shape index (κ3) is 6.19. The summed E-state index contributed by atoms with van der Waals surface area (Å²) in [4.78, 5) is 16.3. The number of halogens is 3. The Labute approximate surface area is 202 Å². The van der Waals surface area contributed by atoms with Gasteiger partial charge in [-0.2, -0.15) is 23.3 Å². The first-order valence-electron chi connectivity index (χ1n) is 12.2. The minimum Gasteiger partial charge on any atom is -0.396 e. The number of hydrogen-bond donors (Lipinski definition) is 2. The van der Waals surface area contributed by atoms with E-state index >= 15 is 0 Å². The number of aliphatic hydroxyl groups is 1. The van der Waals surface area contributed by atoms with Crippen molar-refractivity contribution in [3.8, 4) is 0 Å². The fraction of sp³-hybridized carbons (Fsp3) is 0.583. The van der Waals surface area contributed by atoms with Crippen LogP contribution in [-0.2, 0) is 13.0 Å². The number of anilines is 3. The number of nitrogens with one attached hydrogen (secondary N) is 1. The van der Waals surface area contributed by atoms with Gasteiger partial charge in [0.15, 0.2) is 5.82 Å². The van der Waals surface area contributed by atoms with Gasteiger partial charge in [0.25, 0.3) is 0 Å². The Morgan fingerprint density at radius 1 is 1.11 bits per heavy atom. The fourth-order valence-corrected chi connectivity index (χ4v) is 4.40. The molecule has 1 aliphatic heterocycles. The van der Waals surface area contributed by atoms with Crippen LogP contribution in [0.4, 0.5) is 30.8 Å². The second-order valence-electron chi connectivity index (χ2n) is 9.07. The monoisotopic (exact) mass is 491 g/mol. The van der Waals surface area contributed by atoms with Crippen molar-refractivity contribution in [1.29, 1.82) is 0 Å². The Morgan fingerprint density at radius 3 is 2.54 bits per heavy atom. The maximum absolute atomic E-state index is 12.6. The molecule has 4 heterocycles. The van der Waals surface area contributed by atoms with E-state index < -0.39 is 12.6 Å². The number of unbranched alkanes of at least 4 members (excludes halogenated alkanes) is 1. The van der Waals surface area contributed by atoms with Gasteiger partial charge in [0.05, 0.1) is 5.69 Å². The Bertz CT molecular complexity index is 1140. The van der Waals surface area contributed by atoms with Crippen LogP contribution in [0.2, 0.25) is 0 Å². The molecule has 190 valence electrons. The largest absolute Gasteiger partial charge is 0.396 e. The van der Waals surface area contributed by atoms with Gasteiger partial charge in [0.2, 0.25) is 5.95 Å². The lowest BCUT2D eigenvalue weighted by Gasteiger charge is -2.31. The van der Waals surface area contributed by atoms with Crippen molar-refractivity contribution >= 4 is 28.6 Å². The molecule has 8 nitrogen and oxygen atoms in total. The second kappa shape index (κ2) is 10.8. The van der Waals surface area contributed by atoms with Gasteiger partial charge in [0, 0.05) is 38.4 Å². The van der Waals surface area contributed by atoms with Crippen molar-refractivity contribution in [3.05, 3.63) is 29.6 Å². The summed E-state index contributed by atoms with van der Waals surface area (Å²) in [5, 5.41) is 17.5. The van der Waals surface area contributed by atoms with Crippen LogP contribution in [0, 0.1) is 12.8 Å². The zero-order valence-corrected chi connectivity index (χ0v) is 20.1. The highest BCUT2D eigenvalue weighted by Crippen LogP contribution is 2.31. The van der Waals surface area contributed by atoms with Gasteiger partial charge in [-0.05, 0) is 57.1 Å². The number of pyridine rings is 1. The molecule has 0 bridgehead atoms. The van der Waals surface area contributed by atoms with E-state index in [9.17, 15) is 18.3 Å². The number of aromatic nitrogens is 5. The molecular formula is C24H32F3N7O. The number of piperidine rings is 1. The SMILES string of the molecule is CCc1nn(CCCCC(F)(F)F)c2c(Nc3cccc(C)n3)nc(N3CCC(CO)CC3)nc12. The van der Waals surface area contributed by atoms with E-state index in [1.54, 1.807) is 4.68 Å². The van der Waals surface area contributed by atoms with Crippen LogP contribution >= 0.6 is 0 Å². The standard InChI is InChI=1S/C24H32F3N7O/c1-3-18-20-21(34(32-18)12-5-4-11-24(25,26)27)22(29-19-8-6-7-16(2)28-19)31-23(30-20)33-13-9-17(15-35)10-14-33/h6-8,17,35H,3-5,9-15H2,1-2H3,(H,28,29,30,31). The first-order chi connectivity index (χ1) is 16.8. The lowest BCUT2D eigenvalue weighted by molar-refractivity contribution is -0.135. The predicted octanol–water partition coefficient (Wildman–Crippen LogP) is 4.78. The minimum absolute atomic E-state index is 0.0350. The smallest absolute Gasteiger partial charge is 0.389 e. The van der Waals surface area contributed by atoms with E-state index in [0.29, 0.717) is 48.0 Å². The molecule has 1 fully saturated rings. The Morgan fingerprint density at radius 2 is 1.89 bits per heavy atom. The number of alkyl halides is 3. The average molecular weight is 492 g/mol.